The standard InChI is InChI=1S/C30H24BrNO6/c1-14-10-22(33)20-13-19-17(24(26(20)27(14)34)21-11-15(31)12-23(38-2)28(21)35)8-9-18-25(19)30(37)32(29(18)36)16-6-4-3-5-7-16/h3-8,10-12,18-19,24-25,35H,9,13H2,1-2H3. The summed E-state index contributed by atoms with van der Waals surface area (Å²) < 4.78 is 6.01. The molecule has 0 saturated carbocycles. The fourth-order valence-corrected chi connectivity index (χ4v) is 6.97. The minimum Gasteiger partial charge on any atom is -0.504 e. The summed E-state index contributed by atoms with van der Waals surface area (Å²) in [6.45, 7) is 1.61. The summed E-state index contributed by atoms with van der Waals surface area (Å²) in [6, 6.07) is 12.2. The number of ketones is 2. The van der Waals surface area contributed by atoms with E-state index in [4.69, 9.17) is 4.74 Å². The van der Waals surface area contributed by atoms with Crippen molar-refractivity contribution < 1.29 is 29.0 Å². The van der Waals surface area contributed by atoms with Crippen LogP contribution in [0.1, 0.15) is 31.2 Å². The van der Waals surface area contributed by atoms with Crippen LogP contribution in [0.15, 0.2) is 81.4 Å². The van der Waals surface area contributed by atoms with Crippen molar-refractivity contribution >= 4 is 45.0 Å². The molecule has 0 radical (unpaired) electrons. The smallest absolute Gasteiger partial charge is 0.238 e. The van der Waals surface area contributed by atoms with Gasteiger partial charge in [0, 0.05) is 32.7 Å². The number of fused-ring (bicyclic) bond motifs is 3. The highest BCUT2D eigenvalue weighted by atomic mass is 79.9. The predicted octanol–water partition coefficient (Wildman–Crippen LogP) is 4.80. The molecule has 0 aromatic heterocycles. The van der Waals surface area contributed by atoms with Crippen LogP contribution in [0.3, 0.4) is 0 Å². The van der Waals surface area contributed by atoms with E-state index in [9.17, 15) is 24.3 Å². The van der Waals surface area contributed by atoms with E-state index < -0.39 is 23.7 Å². The van der Waals surface area contributed by atoms with Crippen LogP contribution in [0.5, 0.6) is 11.5 Å². The number of para-hydroxylation sites is 1. The number of hydrogen-bond donors (Lipinski definition) is 1. The molecule has 4 unspecified atom stereocenters. The average molecular weight is 574 g/mol. The first-order chi connectivity index (χ1) is 18.2. The Bertz CT molecular complexity index is 1540. The SMILES string of the molecule is COc1cc(Br)cc(C2C3=CCC4C(=O)N(c5ccccc5)C(=O)C4C3CC3=C2C(=O)C(C)=CC3=O)c1O. The molecule has 2 aromatic carbocycles. The summed E-state index contributed by atoms with van der Waals surface area (Å²) >= 11 is 3.47. The van der Waals surface area contributed by atoms with E-state index >= 15 is 0 Å². The van der Waals surface area contributed by atoms with E-state index in [1.807, 2.05) is 12.1 Å². The molecule has 192 valence electrons. The van der Waals surface area contributed by atoms with Crippen molar-refractivity contribution in [2.45, 2.75) is 25.7 Å². The lowest BCUT2D eigenvalue weighted by Crippen LogP contribution is -2.39. The van der Waals surface area contributed by atoms with Crippen LogP contribution >= 0.6 is 15.9 Å². The van der Waals surface area contributed by atoms with Gasteiger partial charge in [-0.25, -0.2) is 0 Å². The molecule has 6 rings (SSSR count). The first-order valence-electron chi connectivity index (χ1n) is 12.4. The third-order valence-corrected chi connectivity index (χ3v) is 8.64. The van der Waals surface area contributed by atoms with Gasteiger partial charge in [0.15, 0.2) is 23.1 Å². The molecule has 3 aliphatic carbocycles. The van der Waals surface area contributed by atoms with Gasteiger partial charge in [-0.15, -0.1) is 0 Å². The van der Waals surface area contributed by atoms with Crippen LogP contribution in [0, 0.1) is 17.8 Å². The summed E-state index contributed by atoms with van der Waals surface area (Å²) in [7, 11) is 1.44. The fourth-order valence-electron chi connectivity index (χ4n) is 6.52. The molecule has 7 nitrogen and oxygen atoms in total. The molecule has 2 amide bonds. The van der Waals surface area contributed by atoms with Crippen LogP contribution in [-0.2, 0) is 19.2 Å². The molecule has 38 heavy (non-hydrogen) atoms. The molecule has 4 aliphatic rings. The molecule has 1 heterocycles. The maximum absolute atomic E-state index is 13.8. The van der Waals surface area contributed by atoms with Gasteiger partial charge in [-0.2, -0.15) is 0 Å². The normalized spacial score (nSPS) is 26.6. The Labute approximate surface area is 227 Å². The maximum Gasteiger partial charge on any atom is 0.238 e. The van der Waals surface area contributed by atoms with Gasteiger partial charge in [0.05, 0.1) is 24.6 Å². The number of anilines is 1. The Kier molecular flexibility index (Phi) is 5.76. The number of benzene rings is 2. The summed E-state index contributed by atoms with van der Waals surface area (Å²) in [5, 5.41) is 11.2. The number of imide groups is 1. The van der Waals surface area contributed by atoms with Gasteiger partial charge >= 0.3 is 0 Å². The second-order valence-corrected chi connectivity index (χ2v) is 11.0. The van der Waals surface area contributed by atoms with Crippen molar-refractivity contribution in [1.82, 2.24) is 0 Å². The molecule has 0 spiro atoms. The Morgan fingerprint density at radius 3 is 2.47 bits per heavy atom. The summed E-state index contributed by atoms with van der Waals surface area (Å²) in [5.41, 5.74) is 2.68. The lowest BCUT2D eigenvalue weighted by molar-refractivity contribution is -0.123. The monoisotopic (exact) mass is 573 g/mol. The highest BCUT2D eigenvalue weighted by molar-refractivity contribution is 9.10. The number of phenolic OH excluding ortho intramolecular Hbond substituents is 1. The number of ether oxygens (including phenoxy) is 1. The molecule has 1 N–H and O–H groups in total. The van der Waals surface area contributed by atoms with Gasteiger partial charge in [-0.05, 0) is 56.0 Å². The van der Waals surface area contributed by atoms with E-state index in [-0.39, 0.29) is 41.3 Å². The number of aromatic hydroxyl groups is 1. The number of rotatable bonds is 3. The van der Waals surface area contributed by atoms with Crippen molar-refractivity contribution in [3.63, 3.8) is 0 Å². The molecule has 1 aliphatic heterocycles. The quantitative estimate of drug-likeness (QED) is 0.321. The number of amides is 2. The van der Waals surface area contributed by atoms with E-state index in [0.29, 0.717) is 38.9 Å². The Morgan fingerprint density at radius 1 is 1.03 bits per heavy atom. The molecule has 4 atom stereocenters. The van der Waals surface area contributed by atoms with E-state index in [1.165, 1.54) is 18.1 Å². The highest BCUT2D eigenvalue weighted by Crippen LogP contribution is 2.57. The van der Waals surface area contributed by atoms with Crippen LogP contribution < -0.4 is 9.64 Å². The van der Waals surface area contributed by atoms with Gasteiger partial charge in [0.1, 0.15) is 0 Å². The lowest BCUT2D eigenvalue weighted by atomic mass is 9.59. The minimum absolute atomic E-state index is 0.136. The van der Waals surface area contributed by atoms with E-state index in [2.05, 4.69) is 15.9 Å². The van der Waals surface area contributed by atoms with Gasteiger partial charge in [-0.3, -0.25) is 24.1 Å². The molecule has 0 bridgehead atoms. The molecular weight excluding hydrogens is 550 g/mol. The number of halogens is 1. The molecule has 8 heteroatoms. The third-order valence-electron chi connectivity index (χ3n) is 8.18. The largest absolute Gasteiger partial charge is 0.504 e. The number of hydrogen-bond acceptors (Lipinski definition) is 6. The highest BCUT2D eigenvalue weighted by Gasteiger charge is 2.56. The van der Waals surface area contributed by atoms with Gasteiger partial charge in [0.25, 0.3) is 0 Å². The number of methoxy groups -OCH3 is 1. The maximum atomic E-state index is 13.8. The van der Waals surface area contributed by atoms with Crippen LogP contribution in [0.2, 0.25) is 0 Å². The fraction of sp³-hybridized carbons (Fsp3) is 0.267. The van der Waals surface area contributed by atoms with Crippen molar-refractivity contribution in [1.29, 1.82) is 0 Å². The number of phenols is 1. The van der Waals surface area contributed by atoms with E-state index in [1.54, 1.807) is 43.3 Å². The zero-order valence-electron chi connectivity index (χ0n) is 20.7. The third kappa shape index (κ3) is 3.46. The Morgan fingerprint density at radius 2 is 1.76 bits per heavy atom. The van der Waals surface area contributed by atoms with Crippen LogP contribution in [0.4, 0.5) is 5.69 Å². The van der Waals surface area contributed by atoms with Crippen molar-refractivity contribution in [2.75, 3.05) is 12.0 Å². The Hall–Kier alpha value is -3.78. The average Bonchev–Trinajstić information content (AvgIpc) is 3.17. The van der Waals surface area contributed by atoms with Crippen molar-refractivity contribution in [3.8, 4) is 11.5 Å². The zero-order valence-corrected chi connectivity index (χ0v) is 22.3. The second-order valence-electron chi connectivity index (χ2n) is 10.1. The molecule has 1 saturated heterocycles. The molecular formula is C30H24BrNO6. The molecule has 2 aromatic rings. The first-order valence-corrected chi connectivity index (χ1v) is 13.2. The summed E-state index contributed by atoms with van der Waals surface area (Å²) in [5.74, 6) is -3.48. The number of Topliss-reactive ketones (excluding diaryl/α,β-unsaturated/α-hetero) is 1. The van der Waals surface area contributed by atoms with Crippen molar-refractivity contribution in [2.24, 2.45) is 17.8 Å². The van der Waals surface area contributed by atoms with E-state index in [0.717, 1.165) is 5.57 Å². The molecule has 1 fully saturated rings. The van der Waals surface area contributed by atoms with Gasteiger partial charge < -0.3 is 9.84 Å². The van der Waals surface area contributed by atoms with Gasteiger partial charge in [-0.1, -0.05) is 45.8 Å². The van der Waals surface area contributed by atoms with Crippen LogP contribution in [-0.4, -0.2) is 35.6 Å². The second kappa shape index (κ2) is 8.91. The zero-order chi connectivity index (χ0) is 26.9. The summed E-state index contributed by atoms with van der Waals surface area (Å²) in [4.78, 5) is 55.4. The van der Waals surface area contributed by atoms with Crippen molar-refractivity contribution in [3.05, 3.63) is 86.9 Å². The predicted molar refractivity (Wildman–Crippen MR) is 143 cm³/mol. The first kappa shape index (κ1) is 24.6. The minimum atomic E-state index is -0.759. The number of allylic oxidation sites excluding steroid dienone is 6. The van der Waals surface area contributed by atoms with Gasteiger partial charge in [0.2, 0.25) is 11.8 Å². The van der Waals surface area contributed by atoms with Crippen LogP contribution in [0.25, 0.3) is 0 Å². The summed E-state index contributed by atoms with van der Waals surface area (Å²) in [6.07, 6.45) is 3.78. The topological polar surface area (TPSA) is 101 Å². The number of nitrogens with zero attached hydrogens (tertiary/aromatic N) is 1. The number of carbonyl (C=O) groups excluding carboxylic acids is 4. The number of carbonyl (C=O) groups is 4. The lowest BCUT2D eigenvalue weighted by Gasteiger charge is -2.42. The Balaban J connectivity index is 1.54.